The van der Waals surface area contributed by atoms with Crippen molar-refractivity contribution in [3.8, 4) is 6.07 Å². The number of hydrogen-bond acceptors (Lipinski definition) is 3. The zero-order valence-electron chi connectivity index (χ0n) is 10.8. The molecule has 0 saturated carbocycles. The van der Waals surface area contributed by atoms with E-state index in [2.05, 4.69) is 16.4 Å². The highest BCUT2D eigenvalue weighted by molar-refractivity contribution is 6.36. The maximum Gasteiger partial charge on any atom is 0.103 e. The minimum absolute atomic E-state index is 0.401. The SMILES string of the molecule is N#Cc1c(Cl)cccc1Nc1ccc(Cl)c2cccnc12. The van der Waals surface area contributed by atoms with Gasteiger partial charge in [-0.05, 0) is 36.4 Å². The summed E-state index contributed by atoms with van der Waals surface area (Å²) in [7, 11) is 0. The molecule has 0 unspecified atom stereocenters. The summed E-state index contributed by atoms with van der Waals surface area (Å²) < 4.78 is 0. The Balaban J connectivity index is 2.14. The normalized spacial score (nSPS) is 10.3. The average Bonchev–Trinajstić information content (AvgIpc) is 2.51. The lowest BCUT2D eigenvalue weighted by molar-refractivity contribution is 1.40. The highest BCUT2D eigenvalue weighted by Crippen LogP contribution is 2.32. The van der Waals surface area contributed by atoms with Crippen LogP contribution in [0.3, 0.4) is 0 Å². The van der Waals surface area contributed by atoms with Gasteiger partial charge in [-0.2, -0.15) is 5.26 Å². The van der Waals surface area contributed by atoms with E-state index in [1.54, 1.807) is 30.5 Å². The molecule has 0 atom stereocenters. The molecule has 0 bridgehead atoms. The number of nitrogens with one attached hydrogen (secondary N) is 1. The minimum atomic E-state index is 0.401. The number of halogens is 2. The number of hydrogen-bond donors (Lipinski definition) is 1. The minimum Gasteiger partial charge on any atom is -0.353 e. The van der Waals surface area contributed by atoms with E-state index in [9.17, 15) is 5.26 Å². The van der Waals surface area contributed by atoms with E-state index in [-0.39, 0.29) is 0 Å². The fourth-order valence-electron chi connectivity index (χ4n) is 2.13. The first-order chi connectivity index (χ1) is 10.2. The summed E-state index contributed by atoms with van der Waals surface area (Å²) in [6.07, 6.45) is 1.70. The van der Waals surface area contributed by atoms with E-state index >= 15 is 0 Å². The van der Waals surface area contributed by atoms with Gasteiger partial charge < -0.3 is 5.32 Å². The van der Waals surface area contributed by atoms with Gasteiger partial charge in [0, 0.05) is 11.6 Å². The second kappa shape index (κ2) is 5.61. The van der Waals surface area contributed by atoms with Gasteiger partial charge in [-0.1, -0.05) is 29.3 Å². The second-order valence-electron chi connectivity index (χ2n) is 4.39. The van der Waals surface area contributed by atoms with Crippen LogP contribution in [0.4, 0.5) is 11.4 Å². The van der Waals surface area contributed by atoms with Gasteiger partial charge in [0.1, 0.15) is 6.07 Å². The van der Waals surface area contributed by atoms with E-state index in [4.69, 9.17) is 23.2 Å². The predicted octanol–water partition coefficient (Wildman–Crippen LogP) is 5.16. The van der Waals surface area contributed by atoms with E-state index in [0.717, 1.165) is 16.6 Å². The Labute approximate surface area is 131 Å². The van der Waals surface area contributed by atoms with Crippen molar-refractivity contribution >= 4 is 45.5 Å². The molecular weight excluding hydrogens is 305 g/mol. The molecule has 1 N–H and O–H groups in total. The van der Waals surface area contributed by atoms with Gasteiger partial charge in [0.25, 0.3) is 0 Å². The highest BCUT2D eigenvalue weighted by Gasteiger charge is 2.10. The lowest BCUT2D eigenvalue weighted by Crippen LogP contribution is -1.96. The van der Waals surface area contributed by atoms with Crippen molar-refractivity contribution in [2.24, 2.45) is 0 Å². The molecule has 0 aliphatic rings. The van der Waals surface area contributed by atoms with Crippen LogP contribution in [-0.4, -0.2) is 4.98 Å². The number of benzene rings is 2. The summed E-state index contributed by atoms with van der Waals surface area (Å²) in [5.74, 6) is 0. The molecule has 0 aliphatic heterocycles. The van der Waals surface area contributed by atoms with Crippen molar-refractivity contribution in [2.75, 3.05) is 5.32 Å². The van der Waals surface area contributed by atoms with Crippen LogP contribution in [0.1, 0.15) is 5.56 Å². The number of nitriles is 1. The van der Waals surface area contributed by atoms with E-state index in [1.165, 1.54) is 0 Å². The Morgan fingerprint density at radius 2 is 1.81 bits per heavy atom. The van der Waals surface area contributed by atoms with Crippen LogP contribution < -0.4 is 5.32 Å². The van der Waals surface area contributed by atoms with Gasteiger partial charge >= 0.3 is 0 Å². The number of aromatic nitrogens is 1. The summed E-state index contributed by atoms with van der Waals surface area (Å²) in [5.41, 5.74) is 2.56. The topological polar surface area (TPSA) is 48.7 Å². The number of rotatable bonds is 2. The van der Waals surface area contributed by atoms with E-state index < -0.39 is 0 Å². The van der Waals surface area contributed by atoms with Gasteiger partial charge in [0.15, 0.2) is 0 Å². The predicted molar refractivity (Wildman–Crippen MR) is 86.2 cm³/mol. The summed E-state index contributed by atoms with van der Waals surface area (Å²) in [4.78, 5) is 4.35. The molecule has 21 heavy (non-hydrogen) atoms. The monoisotopic (exact) mass is 313 g/mol. The quantitative estimate of drug-likeness (QED) is 0.711. The Morgan fingerprint density at radius 1 is 0.952 bits per heavy atom. The molecule has 3 aromatic rings. The van der Waals surface area contributed by atoms with Crippen LogP contribution in [-0.2, 0) is 0 Å². The standard InChI is InChI=1S/C16H9Cl2N3/c17-12-4-1-5-14(11(12)9-19)21-15-7-6-13(18)10-3-2-8-20-16(10)15/h1-8,21H. The molecule has 0 radical (unpaired) electrons. The van der Waals surface area contributed by atoms with Crippen molar-refractivity contribution in [1.29, 1.82) is 5.26 Å². The van der Waals surface area contributed by atoms with Crippen molar-refractivity contribution in [3.05, 3.63) is 64.3 Å². The maximum atomic E-state index is 9.22. The summed E-state index contributed by atoms with van der Waals surface area (Å²) >= 11 is 12.2. The lowest BCUT2D eigenvalue weighted by Gasteiger charge is -2.11. The molecule has 102 valence electrons. The fourth-order valence-corrected chi connectivity index (χ4v) is 2.56. The molecule has 1 aromatic heterocycles. The Hall–Kier alpha value is -2.28. The van der Waals surface area contributed by atoms with Gasteiger partial charge in [0.2, 0.25) is 0 Å². The number of anilines is 2. The lowest BCUT2D eigenvalue weighted by atomic mass is 10.1. The first-order valence-electron chi connectivity index (χ1n) is 6.19. The van der Waals surface area contributed by atoms with Crippen LogP contribution in [0, 0.1) is 11.3 Å². The van der Waals surface area contributed by atoms with E-state index in [1.807, 2.05) is 18.2 Å². The number of nitrogens with zero attached hydrogens (tertiary/aromatic N) is 2. The molecule has 0 spiro atoms. The number of fused-ring (bicyclic) bond motifs is 1. The Morgan fingerprint density at radius 3 is 2.62 bits per heavy atom. The van der Waals surface area contributed by atoms with Crippen molar-refractivity contribution in [1.82, 2.24) is 4.98 Å². The van der Waals surface area contributed by atoms with E-state index in [0.29, 0.717) is 21.3 Å². The average molecular weight is 314 g/mol. The zero-order chi connectivity index (χ0) is 14.8. The van der Waals surface area contributed by atoms with Crippen molar-refractivity contribution < 1.29 is 0 Å². The summed E-state index contributed by atoms with van der Waals surface area (Å²) in [6, 6.07) is 14.7. The first kappa shape index (κ1) is 13.7. The molecule has 1 heterocycles. The molecular formula is C16H9Cl2N3. The molecule has 5 heteroatoms. The zero-order valence-corrected chi connectivity index (χ0v) is 12.3. The van der Waals surface area contributed by atoms with Crippen LogP contribution in [0.15, 0.2) is 48.7 Å². The smallest absolute Gasteiger partial charge is 0.103 e. The largest absolute Gasteiger partial charge is 0.353 e. The van der Waals surface area contributed by atoms with Crippen LogP contribution in [0.5, 0.6) is 0 Å². The highest BCUT2D eigenvalue weighted by atomic mass is 35.5. The molecule has 2 aromatic carbocycles. The van der Waals surface area contributed by atoms with Gasteiger partial charge in [-0.25, -0.2) is 0 Å². The Kier molecular flexibility index (Phi) is 3.66. The first-order valence-corrected chi connectivity index (χ1v) is 6.95. The van der Waals surface area contributed by atoms with Crippen molar-refractivity contribution in [3.63, 3.8) is 0 Å². The second-order valence-corrected chi connectivity index (χ2v) is 5.21. The van der Waals surface area contributed by atoms with Crippen molar-refractivity contribution in [2.45, 2.75) is 0 Å². The number of pyridine rings is 1. The Bertz CT molecular complexity index is 869. The third-order valence-corrected chi connectivity index (χ3v) is 3.76. The summed E-state index contributed by atoms with van der Waals surface area (Å²) in [5, 5.41) is 14.3. The van der Waals surface area contributed by atoms with Crippen LogP contribution in [0.2, 0.25) is 10.0 Å². The maximum absolute atomic E-state index is 9.22. The molecule has 0 amide bonds. The molecule has 0 aliphatic carbocycles. The molecule has 0 fully saturated rings. The molecule has 3 nitrogen and oxygen atoms in total. The molecule has 3 rings (SSSR count). The third-order valence-electron chi connectivity index (χ3n) is 3.11. The van der Waals surface area contributed by atoms with Crippen LogP contribution in [0.25, 0.3) is 10.9 Å². The molecule has 0 saturated heterocycles. The fraction of sp³-hybridized carbons (Fsp3) is 0. The van der Waals surface area contributed by atoms with Gasteiger partial charge in [-0.3, -0.25) is 4.98 Å². The van der Waals surface area contributed by atoms with Crippen LogP contribution >= 0.6 is 23.2 Å². The summed E-state index contributed by atoms with van der Waals surface area (Å²) in [6.45, 7) is 0. The third kappa shape index (κ3) is 2.52. The van der Waals surface area contributed by atoms with Gasteiger partial charge in [-0.15, -0.1) is 0 Å². The van der Waals surface area contributed by atoms with Gasteiger partial charge in [0.05, 0.1) is 32.5 Å².